The zero-order chi connectivity index (χ0) is 14.4. The summed E-state index contributed by atoms with van der Waals surface area (Å²) >= 11 is 0. The molecule has 0 fully saturated rings. The second kappa shape index (κ2) is 7.01. The van der Waals surface area contributed by atoms with Gasteiger partial charge >= 0.3 is 6.01 Å². The SMILES string of the molecule is CCCc1ccc(Oc2ncc(CC(C)N)cn2)cc1. The molecule has 0 radical (unpaired) electrons. The minimum atomic E-state index is 0.108. The first-order chi connectivity index (χ1) is 9.67. The van der Waals surface area contributed by atoms with Gasteiger partial charge in [0.15, 0.2) is 0 Å². The predicted octanol–water partition coefficient (Wildman–Crippen LogP) is 3.11. The molecule has 1 unspecified atom stereocenters. The Hall–Kier alpha value is -1.94. The van der Waals surface area contributed by atoms with Gasteiger partial charge in [-0.3, -0.25) is 0 Å². The van der Waals surface area contributed by atoms with E-state index in [0.29, 0.717) is 6.01 Å². The van der Waals surface area contributed by atoms with E-state index in [1.54, 1.807) is 12.4 Å². The van der Waals surface area contributed by atoms with Crippen LogP contribution in [-0.2, 0) is 12.8 Å². The molecule has 0 saturated carbocycles. The molecule has 0 aliphatic rings. The van der Waals surface area contributed by atoms with E-state index in [0.717, 1.165) is 30.6 Å². The van der Waals surface area contributed by atoms with Crippen LogP contribution >= 0.6 is 0 Å². The third kappa shape index (κ3) is 4.31. The summed E-state index contributed by atoms with van der Waals surface area (Å²) in [4.78, 5) is 8.39. The molecule has 0 spiro atoms. The molecule has 0 aliphatic heterocycles. The summed E-state index contributed by atoms with van der Waals surface area (Å²) in [5, 5.41) is 0. The number of benzene rings is 1. The smallest absolute Gasteiger partial charge is 0.321 e. The number of hydrogen-bond acceptors (Lipinski definition) is 4. The topological polar surface area (TPSA) is 61.0 Å². The summed E-state index contributed by atoms with van der Waals surface area (Å²) < 4.78 is 5.62. The molecule has 106 valence electrons. The Morgan fingerprint density at radius 1 is 1.10 bits per heavy atom. The Labute approximate surface area is 120 Å². The molecule has 1 aromatic heterocycles. The lowest BCUT2D eigenvalue weighted by Gasteiger charge is -2.07. The third-order valence-corrected chi connectivity index (χ3v) is 2.91. The molecule has 4 nitrogen and oxygen atoms in total. The molecule has 2 aromatic rings. The first kappa shape index (κ1) is 14.5. The zero-order valence-corrected chi connectivity index (χ0v) is 12.0. The molecule has 0 amide bonds. The van der Waals surface area contributed by atoms with Gasteiger partial charge in [0, 0.05) is 18.4 Å². The minimum Gasteiger partial charge on any atom is -0.424 e. The van der Waals surface area contributed by atoms with Crippen molar-refractivity contribution in [1.29, 1.82) is 0 Å². The molecule has 0 saturated heterocycles. The van der Waals surface area contributed by atoms with E-state index in [1.807, 2.05) is 19.1 Å². The summed E-state index contributed by atoms with van der Waals surface area (Å²) in [6, 6.07) is 8.51. The summed E-state index contributed by atoms with van der Waals surface area (Å²) in [5.74, 6) is 0.754. The van der Waals surface area contributed by atoms with Crippen LogP contribution < -0.4 is 10.5 Å². The second-order valence-corrected chi connectivity index (χ2v) is 5.05. The Balaban J connectivity index is 1.98. The van der Waals surface area contributed by atoms with Crippen molar-refractivity contribution in [3.63, 3.8) is 0 Å². The number of nitrogens with zero attached hydrogens (tertiary/aromatic N) is 2. The number of nitrogens with two attached hydrogens (primary N) is 1. The summed E-state index contributed by atoms with van der Waals surface area (Å²) in [6.07, 6.45) is 6.52. The molecular weight excluding hydrogens is 250 g/mol. The van der Waals surface area contributed by atoms with Gasteiger partial charge in [-0.15, -0.1) is 0 Å². The van der Waals surface area contributed by atoms with E-state index in [4.69, 9.17) is 10.5 Å². The molecule has 4 heteroatoms. The highest BCUT2D eigenvalue weighted by atomic mass is 16.5. The van der Waals surface area contributed by atoms with Gasteiger partial charge in [0.05, 0.1) is 0 Å². The van der Waals surface area contributed by atoms with E-state index in [1.165, 1.54) is 5.56 Å². The van der Waals surface area contributed by atoms with Crippen LogP contribution in [0.5, 0.6) is 11.8 Å². The maximum absolute atomic E-state index is 5.74. The standard InChI is InChI=1S/C16H21N3O/c1-3-4-13-5-7-15(8-6-13)20-16-18-10-14(11-19-16)9-12(2)17/h5-8,10-12H,3-4,9,17H2,1-2H3. The van der Waals surface area contributed by atoms with Crippen molar-refractivity contribution >= 4 is 0 Å². The van der Waals surface area contributed by atoms with Crippen LogP contribution in [0.15, 0.2) is 36.7 Å². The first-order valence-electron chi connectivity index (χ1n) is 7.00. The molecule has 1 aromatic carbocycles. The third-order valence-electron chi connectivity index (χ3n) is 2.91. The Morgan fingerprint density at radius 3 is 2.30 bits per heavy atom. The maximum atomic E-state index is 5.74. The lowest BCUT2D eigenvalue weighted by Crippen LogP contribution is -2.17. The van der Waals surface area contributed by atoms with Gasteiger partial charge in [-0.05, 0) is 43.0 Å². The lowest BCUT2D eigenvalue weighted by atomic mass is 10.1. The summed E-state index contributed by atoms with van der Waals surface area (Å²) in [6.45, 7) is 4.13. The zero-order valence-electron chi connectivity index (χ0n) is 12.0. The molecule has 2 N–H and O–H groups in total. The highest BCUT2D eigenvalue weighted by Gasteiger charge is 2.03. The van der Waals surface area contributed by atoms with Crippen LogP contribution in [0.1, 0.15) is 31.4 Å². The van der Waals surface area contributed by atoms with Crippen molar-refractivity contribution in [1.82, 2.24) is 9.97 Å². The van der Waals surface area contributed by atoms with Crippen molar-refractivity contribution in [2.45, 2.75) is 39.2 Å². The summed E-state index contributed by atoms with van der Waals surface area (Å²) in [5.41, 5.74) is 8.07. The Bertz CT molecular complexity index is 520. The monoisotopic (exact) mass is 271 g/mol. The van der Waals surface area contributed by atoms with E-state index in [9.17, 15) is 0 Å². The fourth-order valence-electron chi connectivity index (χ4n) is 1.99. The van der Waals surface area contributed by atoms with Crippen molar-refractivity contribution in [2.24, 2.45) is 5.73 Å². The quantitative estimate of drug-likeness (QED) is 0.877. The minimum absolute atomic E-state index is 0.108. The van der Waals surface area contributed by atoms with Gasteiger partial charge in [0.1, 0.15) is 5.75 Å². The van der Waals surface area contributed by atoms with E-state index in [-0.39, 0.29) is 6.04 Å². The molecule has 1 atom stereocenters. The molecule has 0 bridgehead atoms. The van der Waals surface area contributed by atoms with Crippen LogP contribution in [0.4, 0.5) is 0 Å². The van der Waals surface area contributed by atoms with E-state index in [2.05, 4.69) is 29.0 Å². The van der Waals surface area contributed by atoms with Crippen molar-refractivity contribution in [3.8, 4) is 11.8 Å². The highest BCUT2D eigenvalue weighted by Crippen LogP contribution is 2.18. The number of aryl methyl sites for hydroxylation is 1. The van der Waals surface area contributed by atoms with Gasteiger partial charge in [0.25, 0.3) is 0 Å². The van der Waals surface area contributed by atoms with E-state index < -0.39 is 0 Å². The van der Waals surface area contributed by atoms with Crippen LogP contribution in [0, 0.1) is 0 Å². The average Bonchev–Trinajstić information content (AvgIpc) is 2.43. The Morgan fingerprint density at radius 2 is 1.75 bits per heavy atom. The van der Waals surface area contributed by atoms with Crippen LogP contribution in [-0.4, -0.2) is 16.0 Å². The van der Waals surface area contributed by atoms with Gasteiger partial charge in [-0.2, -0.15) is 0 Å². The number of ether oxygens (including phenoxy) is 1. The van der Waals surface area contributed by atoms with Crippen molar-refractivity contribution in [2.75, 3.05) is 0 Å². The molecular formula is C16H21N3O. The average molecular weight is 271 g/mol. The molecule has 2 rings (SSSR count). The predicted molar refractivity (Wildman–Crippen MR) is 79.9 cm³/mol. The fourth-order valence-corrected chi connectivity index (χ4v) is 1.99. The van der Waals surface area contributed by atoms with Crippen molar-refractivity contribution in [3.05, 3.63) is 47.8 Å². The first-order valence-corrected chi connectivity index (χ1v) is 7.00. The number of rotatable bonds is 6. The molecule has 0 aliphatic carbocycles. The summed E-state index contributed by atoms with van der Waals surface area (Å²) in [7, 11) is 0. The molecule has 20 heavy (non-hydrogen) atoms. The number of hydrogen-bond donors (Lipinski definition) is 1. The van der Waals surface area contributed by atoms with Gasteiger partial charge in [0.2, 0.25) is 0 Å². The normalized spacial score (nSPS) is 12.2. The van der Waals surface area contributed by atoms with Gasteiger partial charge in [-0.25, -0.2) is 9.97 Å². The lowest BCUT2D eigenvalue weighted by molar-refractivity contribution is 0.440. The van der Waals surface area contributed by atoms with Crippen molar-refractivity contribution < 1.29 is 4.74 Å². The van der Waals surface area contributed by atoms with Crippen LogP contribution in [0.3, 0.4) is 0 Å². The fraction of sp³-hybridized carbons (Fsp3) is 0.375. The van der Waals surface area contributed by atoms with Crippen LogP contribution in [0.25, 0.3) is 0 Å². The second-order valence-electron chi connectivity index (χ2n) is 5.05. The largest absolute Gasteiger partial charge is 0.424 e. The maximum Gasteiger partial charge on any atom is 0.321 e. The van der Waals surface area contributed by atoms with Gasteiger partial charge < -0.3 is 10.5 Å². The van der Waals surface area contributed by atoms with E-state index >= 15 is 0 Å². The Kier molecular flexibility index (Phi) is 5.07. The highest BCUT2D eigenvalue weighted by molar-refractivity contribution is 5.29. The molecule has 1 heterocycles. The number of aromatic nitrogens is 2. The van der Waals surface area contributed by atoms with Crippen LogP contribution in [0.2, 0.25) is 0 Å². The van der Waals surface area contributed by atoms with Gasteiger partial charge in [-0.1, -0.05) is 25.5 Å².